The first-order valence-electron chi connectivity index (χ1n) is 7.15. The van der Waals surface area contributed by atoms with E-state index in [1.54, 1.807) is 12.2 Å². The van der Waals surface area contributed by atoms with E-state index in [-0.39, 0.29) is 6.61 Å². The lowest BCUT2D eigenvalue weighted by atomic mass is 9.90. The first-order valence-corrected chi connectivity index (χ1v) is 7.15. The monoisotopic (exact) mass is 295 g/mol. The molecule has 2 fully saturated rings. The highest BCUT2D eigenvalue weighted by atomic mass is 16.7. The average Bonchev–Trinajstić information content (AvgIpc) is 2.52. The molecule has 116 valence electrons. The minimum Gasteiger partial charge on any atom is -0.388 e. The summed E-state index contributed by atoms with van der Waals surface area (Å²) in [5.74, 6) is -0.939. The van der Waals surface area contributed by atoms with Gasteiger partial charge in [0, 0.05) is 20.1 Å². The van der Waals surface area contributed by atoms with E-state index >= 15 is 0 Å². The zero-order valence-electron chi connectivity index (χ0n) is 12.0. The smallest absolute Gasteiger partial charge is 0.190 e. The maximum Gasteiger partial charge on any atom is 0.190 e. The van der Waals surface area contributed by atoms with Crippen molar-refractivity contribution in [2.24, 2.45) is 0 Å². The molecule has 2 N–H and O–H groups in total. The third kappa shape index (κ3) is 2.70. The first kappa shape index (κ1) is 14.9. The van der Waals surface area contributed by atoms with Crippen LogP contribution in [0.15, 0.2) is 30.3 Å². The van der Waals surface area contributed by atoms with Crippen molar-refractivity contribution in [3.63, 3.8) is 0 Å². The molecule has 0 aromatic heterocycles. The third-order valence-corrected chi connectivity index (χ3v) is 4.21. The normalized spacial score (nSPS) is 37.2. The molecular formula is C15H21NO5. The van der Waals surface area contributed by atoms with E-state index in [1.807, 2.05) is 30.3 Å². The van der Waals surface area contributed by atoms with E-state index in [4.69, 9.17) is 14.3 Å². The van der Waals surface area contributed by atoms with Crippen LogP contribution in [-0.2, 0) is 20.9 Å². The number of benzene rings is 1. The van der Waals surface area contributed by atoms with Crippen LogP contribution in [0.25, 0.3) is 0 Å². The Bertz CT molecular complexity index is 470. The summed E-state index contributed by atoms with van der Waals surface area (Å²) in [6, 6.07) is 9.25. The molecule has 0 saturated carbocycles. The Morgan fingerprint density at radius 1 is 1.33 bits per heavy atom. The lowest BCUT2D eigenvalue weighted by molar-refractivity contribution is -0.393. The lowest BCUT2D eigenvalue weighted by Gasteiger charge is -2.53. The van der Waals surface area contributed by atoms with Crippen LogP contribution in [0.2, 0.25) is 0 Å². The fourth-order valence-electron chi connectivity index (χ4n) is 3.07. The van der Waals surface area contributed by atoms with Crippen molar-refractivity contribution in [1.82, 2.24) is 5.06 Å². The van der Waals surface area contributed by atoms with E-state index in [9.17, 15) is 10.2 Å². The SMILES string of the molecule is CO[C@]12CCON(Cc3ccccc3)[C@H]1[C@@H](O)[C@@H](O)CO2. The van der Waals surface area contributed by atoms with E-state index < -0.39 is 24.0 Å². The molecule has 0 amide bonds. The summed E-state index contributed by atoms with van der Waals surface area (Å²) >= 11 is 0. The number of methoxy groups -OCH3 is 1. The van der Waals surface area contributed by atoms with Crippen LogP contribution in [0.5, 0.6) is 0 Å². The lowest BCUT2D eigenvalue weighted by Crippen LogP contribution is -2.70. The van der Waals surface area contributed by atoms with Gasteiger partial charge in [0.15, 0.2) is 5.79 Å². The largest absolute Gasteiger partial charge is 0.388 e. The molecule has 4 atom stereocenters. The Balaban J connectivity index is 1.85. The van der Waals surface area contributed by atoms with Crippen LogP contribution in [0.3, 0.4) is 0 Å². The molecule has 21 heavy (non-hydrogen) atoms. The average molecular weight is 295 g/mol. The molecule has 0 aliphatic carbocycles. The molecule has 6 heteroatoms. The van der Waals surface area contributed by atoms with Gasteiger partial charge in [0.25, 0.3) is 0 Å². The van der Waals surface area contributed by atoms with E-state index in [2.05, 4.69) is 0 Å². The molecule has 0 unspecified atom stereocenters. The second kappa shape index (κ2) is 6.00. The highest BCUT2D eigenvalue weighted by Gasteiger charge is 2.55. The molecule has 0 spiro atoms. The van der Waals surface area contributed by atoms with Gasteiger partial charge in [-0.15, -0.1) is 0 Å². The Labute approximate surface area is 123 Å². The number of hydrogen-bond donors (Lipinski definition) is 2. The molecule has 3 rings (SSSR count). The minimum atomic E-state index is -0.984. The topological polar surface area (TPSA) is 71.4 Å². The van der Waals surface area contributed by atoms with Crippen LogP contribution in [0.1, 0.15) is 12.0 Å². The van der Waals surface area contributed by atoms with Gasteiger partial charge in [-0.05, 0) is 5.56 Å². The van der Waals surface area contributed by atoms with Crippen LogP contribution < -0.4 is 0 Å². The van der Waals surface area contributed by atoms with Crippen molar-refractivity contribution >= 4 is 0 Å². The Hall–Kier alpha value is -1.02. The molecule has 1 aromatic rings. The van der Waals surface area contributed by atoms with Crippen LogP contribution in [-0.4, -0.2) is 59.6 Å². The van der Waals surface area contributed by atoms with Crippen LogP contribution in [0, 0.1) is 0 Å². The number of hydrogen-bond acceptors (Lipinski definition) is 6. The predicted molar refractivity (Wildman–Crippen MR) is 74.0 cm³/mol. The first-order chi connectivity index (χ1) is 10.2. The Morgan fingerprint density at radius 3 is 2.81 bits per heavy atom. The molecule has 6 nitrogen and oxygen atoms in total. The van der Waals surface area contributed by atoms with Crippen molar-refractivity contribution in [3.8, 4) is 0 Å². The van der Waals surface area contributed by atoms with E-state index in [1.165, 1.54) is 0 Å². The van der Waals surface area contributed by atoms with Crippen LogP contribution >= 0.6 is 0 Å². The third-order valence-electron chi connectivity index (χ3n) is 4.21. The number of nitrogens with zero attached hydrogens (tertiary/aromatic N) is 1. The summed E-state index contributed by atoms with van der Waals surface area (Å²) in [5, 5.41) is 21.9. The summed E-state index contributed by atoms with van der Waals surface area (Å²) in [5.41, 5.74) is 1.05. The van der Waals surface area contributed by atoms with Crippen molar-refractivity contribution in [2.45, 2.75) is 37.0 Å². The van der Waals surface area contributed by atoms with E-state index in [0.717, 1.165) is 5.56 Å². The zero-order chi connectivity index (χ0) is 14.9. The van der Waals surface area contributed by atoms with Gasteiger partial charge < -0.3 is 19.7 Å². The predicted octanol–water partition coefficient (Wildman–Crippen LogP) is 0.287. The standard InChI is InChI=1S/C15H21NO5/c1-19-15-7-8-21-16(9-11-5-3-2-4-6-11)14(15)13(18)12(17)10-20-15/h2-6,12-14,17-18H,7-10H2,1H3/t12-,13-,14-,15-/m0/s1. The molecule has 2 heterocycles. The van der Waals surface area contributed by atoms with E-state index in [0.29, 0.717) is 19.6 Å². The number of hydroxylamine groups is 2. The summed E-state index contributed by atoms with van der Waals surface area (Å²) in [4.78, 5) is 5.70. The van der Waals surface area contributed by atoms with Crippen molar-refractivity contribution in [2.75, 3.05) is 20.3 Å². The van der Waals surface area contributed by atoms with Crippen LogP contribution in [0.4, 0.5) is 0 Å². The fourth-order valence-corrected chi connectivity index (χ4v) is 3.07. The fraction of sp³-hybridized carbons (Fsp3) is 0.600. The summed E-state index contributed by atoms with van der Waals surface area (Å²) < 4.78 is 11.3. The molecule has 2 saturated heterocycles. The van der Waals surface area contributed by atoms with Gasteiger partial charge in [0.05, 0.1) is 13.2 Å². The quantitative estimate of drug-likeness (QED) is 0.835. The summed E-state index contributed by atoms with van der Waals surface area (Å²) in [6.07, 6.45) is -1.41. The van der Waals surface area contributed by atoms with Gasteiger partial charge >= 0.3 is 0 Å². The summed E-state index contributed by atoms with van der Waals surface area (Å²) in [7, 11) is 1.56. The molecule has 2 aliphatic heterocycles. The minimum absolute atomic E-state index is 0.0602. The Kier molecular flexibility index (Phi) is 4.26. The second-order valence-electron chi connectivity index (χ2n) is 5.47. The van der Waals surface area contributed by atoms with Gasteiger partial charge in [-0.25, -0.2) is 0 Å². The van der Waals surface area contributed by atoms with Crippen molar-refractivity contribution in [3.05, 3.63) is 35.9 Å². The number of rotatable bonds is 3. The molecule has 0 radical (unpaired) electrons. The summed E-state index contributed by atoms with van der Waals surface area (Å²) in [6.45, 7) is 0.994. The van der Waals surface area contributed by atoms with Gasteiger partial charge in [0.2, 0.25) is 0 Å². The second-order valence-corrected chi connectivity index (χ2v) is 5.47. The van der Waals surface area contributed by atoms with Gasteiger partial charge in [-0.3, -0.25) is 4.84 Å². The highest BCUT2D eigenvalue weighted by Crippen LogP contribution is 2.37. The molecule has 2 aliphatic rings. The molecule has 1 aromatic carbocycles. The zero-order valence-corrected chi connectivity index (χ0v) is 12.0. The van der Waals surface area contributed by atoms with Gasteiger partial charge in [0.1, 0.15) is 18.2 Å². The molecular weight excluding hydrogens is 274 g/mol. The van der Waals surface area contributed by atoms with Gasteiger partial charge in [-0.1, -0.05) is 30.3 Å². The number of fused-ring (bicyclic) bond motifs is 1. The maximum absolute atomic E-state index is 10.4. The maximum atomic E-state index is 10.4. The van der Waals surface area contributed by atoms with Gasteiger partial charge in [-0.2, -0.15) is 5.06 Å². The Morgan fingerprint density at radius 2 is 2.10 bits per heavy atom. The number of ether oxygens (including phenoxy) is 2. The van der Waals surface area contributed by atoms with Crippen molar-refractivity contribution < 1.29 is 24.5 Å². The number of aliphatic hydroxyl groups excluding tert-OH is 2. The molecule has 0 bridgehead atoms. The highest BCUT2D eigenvalue weighted by molar-refractivity contribution is 5.15. The number of aliphatic hydroxyl groups is 2. The van der Waals surface area contributed by atoms with Crippen molar-refractivity contribution in [1.29, 1.82) is 0 Å².